The van der Waals surface area contributed by atoms with E-state index in [1.807, 2.05) is 0 Å². The summed E-state index contributed by atoms with van der Waals surface area (Å²) in [6, 6.07) is 5.32. The summed E-state index contributed by atoms with van der Waals surface area (Å²) in [5.74, 6) is 0.987. The van der Waals surface area contributed by atoms with Crippen LogP contribution in [-0.4, -0.2) is 25.5 Å². The molecular formula is C17H26ClNO3. The Labute approximate surface area is 138 Å². The lowest BCUT2D eigenvalue weighted by Gasteiger charge is -2.12. The highest BCUT2D eigenvalue weighted by Crippen LogP contribution is 2.30. The number of nitrogens with one attached hydrogen (secondary N) is 1. The van der Waals surface area contributed by atoms with Crippen LogP contribution in [0.1, 0.15) is 45.4 Å². The molecule has 124 valence electrons. The number of rotatable bonds is 11. The second kappa shape index (κ2) is 11.2. The number of carbonyl (C=O) groups is 1. The van der Waals surface area contributed by atoms with Gasteiger partial charge in [0.25, 0.3) is 0 Å². The van der Waals surface area contributed by atoms with Gasteiger partial charge in [0.05, 0.1) is 13.7 Å². The molecule has 0 fully saturated rings. The van der Waals surface area contributed by atoms with E-state index in [4.69, 9.17) is 21.1 Å². The van der Waals surface area contributed by atoms with Crippen LogP contribution in [0.25, 0.3) is 0 Å². The SMILES string of the molecule is CCCCCCCCOc1ccc(NC(=O)CCl)cc1OC. The van der Waals surface area contributed by atoms with Gasteiger partial charge < -0.3 is 14.8 Å². The summed E-state index contributed by atoms with van der Waals surface area (Å²) >= 11 is 5.47. The van der Waals surface area contributed by atoms with Crippen LogP contribution in [0.3, 0.4) is 0 Å². The van der Waals surface area contributed by atoms with E-state index >= 15 is 0 Å². The van der Waals surface area contributed by atoms with Crippen molar-refractivity contribution < 1.29 is 14.3 Å². The summed E-state index contributed by atoms with van der Waals surface area (Å²) < 4.78 is 11.1. The Morgan fingerprint density at radius 3 is 2.55 bits per heavy atom. The van der Waals surface area contributed by atoms with Crippen molar-refractivity contribution in [1.29, 1.82) is 0 Å². The van der Waals surface area contributed by atoms with E-state index < -0.39 is 0 Å². The Balaban J connectivity index is 2.41. The first-order chi connectivity index (χ1) is 10.7. The minimum atomic E-state index is -0.246. The van der Waals surface area contributed by atoms with Crippen LogP contribution in [-0.2, 0) is 4.79 Å². The minimum absolute atomic E-state index is 0.0708. The van der Waals surface area contributed by atoms with Crippen LogP contribution >= 0.6 is 11.6 Å². The number of hydrogen-bond donors (Lipinski definition) is 1. The lowest BCUT2D eigenvalue weighted by Crippen LogP contribution is -2.12. The van der Waals surface area contributed by atoms with Crippen molar-refractivity contribution in [1.82, 2.24) is 0 Å². The molecule has 0 atom stereocenters. The molecule has 0 radical (unpaired) electrons. The summed E-state index contributed by atoms with van der Waals surface area (Å²) in [5, 5.41) is 2.68. The predicted octanol–water partition coefficient (Wildman–Crippen LogP) is 4.61. The van der Waals surface area contributed by atoms with Crippen molar-refractivity contribution in [3.63, 3.8) is 0 Å². The number of alkyl halides is 1. The van der Waals surface area contributed by atoms with Crippen molar-refractivity contribution >= 4 is 23.2 Å². The van der Waals surface area contributed by atoms with Crippen LogP contribution in [0, 0.1) is 0 Å². The second-order valence-electron chi connectivity index (χ2n) is 5.16. The van der Waals surface area contributed by atoms with Crippen LogP contribution in [0.2, 0.25) is 0 Å². The molecule has 0 bridgehead atoms. The average molecular weight is 328 g/mol. The molecule has 4 nitrogen and oxygen atoms in total. The molecule has 0 aliphatic heterocycles. The molecule has 0 aromatic heterocycles. The number of hydrogen-bond acceptors (Lipinski definition) is 3. The number of unbranched alkanes of at least 4 members (excludes halogenated alkanes) is 5. The van der Waals surface area contributed by atoms with Gasteiger partial charge in [-0.2, -0.15) is 0 Å². The molecule has 1 aromatic carbocycles. The van der Waals surface area contributed by atoms with Crippen LogP contribution in [0.5, 0.6) is 11.5 Å². The minimum Gasteiger partial charge on any atom is -0.493 e. The number of ether oxygens (including phenoxy) is 2. The first kappa shape index (κ1) is 18.6. The fourth-order valence-corrected chi connectivity index (χ4v) is 2.19. The summed E-state index contributed by atoms with van der Waals surface area (Å²) in [4.78, 5) is 11.3. The van der Waals surface area contributed by atoms with E-state index in [9.17, 15) is 4.79 Å². The topological polar surface area (TPSA) is 47.6 Å². The van der Waals surface area contributed by atoms with E-state index in [2.05, 4.69) is 12.2 Å². The maximum absolute atomic E-state index is 11.3. The lowest BCUT2D eigenvalue weighted by molar-refractivity contribution is -0.113. The van der Waals surface area contributed by atoms with Gasteiger partial charge >= 0.3 is 0 Å². The average Bonchev–Trinajstić information content (AvgIpc) is 2.54. The molecule has 0 unspecified atom stereocenters. The maximum Gasteiger partial charge on any atom is 0.239 e. The predicted molar refractivity (Wildman–Crippen MR) is 91.2 cm³/mol. The molecule has 1 aromatic rings. The summed E-state index contributed by atoms with van der Waals surface area (Å²) in [6.45, 7) is 2.89. The lowest BCUT2D eigenvalue weighted by atomic mass is 10.1. The van der Waals surface area contributed by atoms with Crippen molar-refractivity contribution in [3.8, 4) is 11.5 Å². The van der Waals surface area contributed by atoms with Crippen LogP contribution in [0.15, 0.2) is 18.2 Å². The smallest absolute Gasteiger partial charge is 0.239 e. The molecule has 22 heavy (non-hydrogen) atoms. The normalized spacial score (nSPS) is 10.3. The number of carbonyl (C=O) groups excluding carboxylic acids is 1. The van der Waals surface area contributed by atoms with Crippen LogP contribution in [0.4, 0.5) is 5.69 Å². The van der Waals surface area contributed by atoms with E-state index in [-0.39, 0.29) is 11.8 Å². The van der Waals surface area contributed by atoms with Gasteiger partial charge in [0, 0.05) is 11.8 Å². The van der Waals surface area contributed by atoms with Gasteiger partial charge in [-0.25, -0.2) is 0 Å². The molecule has 5 heteroatoms. The van der Waals surface area contributed by atoms with Gasteiger partial charge in [-0.05, 0) is 18.6 Å². The van der Waals surface area contributed by atoms with Crippen molar-refractivity contribution in [2.24, 2.45) is 0 Å². The Morgan fingerprint density at radius 2 is 1.86 bits per heavy atom. The zero-order chi connectivity index (χ0) is 16.2. The third-order valence-electron chi connectivity index (χ3n) is 3.32. The highest BCUT2D eigenvalue weighted by Gasteiger charge is 2.07. The molecule has 0 aliphatic rings. The van der Waals surface area contributed by atoms with Gasteiger partial charge in [-0.1, -0.05) is 39.0 Å². The molecule has 1 N–H and O–H groups in total. The zero-order valence-corrected chi connectivity index (χ0v) is 14.2. The van der Waals surface area contributed by atoms with E-state index in [1.54, 1.807) is 25.3 Å². The van der Waals surface area contributed by atoms with Gasteiger partial charge in [0.2, 0.25) is 5.91 Å². The first-order valence-corrected chi connectivity index (χ1v) is 8.41. The van der Waals surface area contributed by atoms with Gasteiger partial charge in [-0.15, -0.1) is 11.6 Å². The highest BCUT2D eigenvalue weighted by atomic mass is 35.5. The highest BCUT2D eigenvalue weighted by molar-refractivity contribution is 6.29. The molecule has 0 spiro atoms. The molecule has 0 aliphatic carbocycles. The Morgan fingerprint density at radius 1 is 1.14 bits per heavy atom. The number of benzene rings is 1. The number of amides is 1. The second-order valence-corrected chi connectivity index (χ2v) is 5.43. The van der Waals surface area contributed by atoms with Gasteiger partial charge in [-0.3, -0.25) is 4.79 Å². The fourth-order valence-electron chi connectivity index (χ4n) is 2.12. The van der Waals surface area contributed by atoms with Crippen molar-refractivity contribution in [2.75, 3.05) is 24.9 Å². The van der Waals surface area contributed by atoms with Crippen LogP contribution < -0.4 is 14.8 Å². The number of anilines is 1. The number of methoxy groups -OCH3 is 1. The Bertz CT molecular complexity index is 452. The first-order valence-electron chi connectivity index (χ1n) is 7.88. The maximum atomic E-state index is 11.3. The summed E-state index contributed by atoms with van der Waals surface area (Å²) in [6.07, 6.45) is 7.36. The molecule has 1 rings (SSSR count). The monoisotopic (exact) mass is 327 g/mol. The third kappa shape index (κ3) is 7.03. The molecule has 0 saturated carbocycles. The van der Waals surface area contributed by atoms with Gasteiger partial charge in [0.15, 0.2) is 11.5 Å². The van der Waals surface area contributed by atoms with Crippen molar-refractivity contribution in [3.05, 3.63) is 18.2 Å². The van der Waals surface area contributed by atoms with E-state index in [1.165, 1.54) is 32.1 Å². The van der Waals surface area contributed by atoms with Crippen molar-refractivity contribution in [2.45, 2.75) is 45.4 Å². The third-order valence-corrected chi connectivity index (χ3v) is 3.57. The van der Waals surface area contributed by atoms with E-state index in [0.29, 0.717) is 23.8 Å². The Kier molecular flexibility index (Phi) is 9.47. The van der Waals surface area contributed by atoms with E-state index in [0.717, 1.165) is 6.42 Å². The van der Waals surface area contributed by atoms with Gasteiger partial charge in [0.1, 0.15) is 5.88 Å². The molecule has 0 saturated heterocycles. The zero-order valence-electron chi connectivity index (χ0n) is 13.5. The quantitative estimate of drug-likeness (QED) is 0.477. The standard InChI is InChI=1S/C17H26ClNO3/c1-3-4-5-6-7-8-11-22-15-10-9-14(12-16(15)21-2)19-17(20)13-18/h9-10,12H,3-8,11,13H2,1-2H3,(H,19,20). The molecular weight excluding hydrogens is 302 g/mol. The fraction of sp³-hybridized carbons (Fsp3) is 0.588. The molecule has 0 heterocycles. The summed E-state index contributed by atoms with van der Waals surface area (Å²) in [7, 11) is 1.58. The number of halogens is 1. The summed E-state index contributed by atoms with van der Waals surface area (Å²) in [5.41, 5.74) is 0.648. The Hall–Kier alpha value is -1.42. The largest absolute Gasteiger partial charge is 0.493 e. The molecule has 1 amide bonds.